The van der Waals surface area contributed by atoms with Gasteiger partial charge in [-0.3, -0.25) is 4.79 Å². The van der Waals surface area contributed by atoms with Gasteiger partial charge in [-0.25, -0.2) is 4.98 Å². The predicted octanol–water partition coefficient (Wildman–Crippen LogP) is 4.51. The van der Waals surface area contributed by atoms with Crippen LogP contribution in [0, 0.1) is 0 Å². The fourth-order valence-corrected chi connectivity index (χ4v) is 4.53. The summed E-state index contributed by atoms with van der Waals surface area (Å²) in [5, 5.41) is 1.32. The number of imidazole rings is 1. The van der Waals surface area contributed by atoms with E-state index >= 15 is 0 Å². The van der Waals surface area contributed by atoms with Crippen LogP contribution < -0.4 is 4.90 Å². The zero-order chi connectivity index (χ0) is 18.3. The van der Waals surface area contributed by atoms with E-state index in [4.69, 9.17) is 4.98 Å². The van der Waals surface area contributed by atoms with E-state index in [9.17, 15) is 4.79 Å². The number of hydrogen-bond acceptors (Lipinski definition) is 3. The Hall–Kier alpha value is -2.27. The third-order valence-corrected chi connectivity index (χ3v) is 5.72. The molecule has 1 amide bonds. The van der Waals surface area contributed by atoms with Gasteiger partial charge in [-0.15, -0.1) is 0 Å². The lowest BCUT2D eigenvalue weighted by Crippen LogP contribution is -2.38. The number of benzene rings is 2. The Morgan fingerprint density at radius 1 is 1.19 bits per heavy atom. The standard InChI is InChI=1S/C21H23N3OS/c1-14(2)26-21-22-17-9-5-7-11-19(17)23(21)13-20(25)24-15(3)12-16-8-4-6-10-18(16)24/h4-11,14-15H,12-13H2,1-3H3/t15-/m0/s1. The third kappa shape index (κ3) is 3.01. The maximum atomic E-state index is 13.2. The Labute approximate surface area is 158 Å². The number of hydrogen-bond donors (Lipinski definition) is 0. The first-order valence-corrected chi connectivity index (χ1v) is 9.94. The highest BCUT2D eigenvalue weighted by atomic mass is 32.2. The molecule has 0 bridgehead atoms. The van der Waals surface area contributed by atoms with Gasteiger partial charge in [-0.05, 0) is 37.1 Å². The van der Waals surface area contributed by atoms with Crippen molar-refractivity contribution in [3.8, 4) is 0 Å². The molecule has 4 rings (SSSR count). The molecule has 0 saturated heterocycles. The summed E-state index contributed by atoms with van der Waals surface area (Å²) in [5.74, 6) is 0.121. The summed E-state index contributed by atoms with van der Waals surface area (Å²) in [6.07, 6.45) is 0.917. The van der Waals surface area contributed by atoms with Gasteiger partial charge in [0.05, 0.1) is 11.0 Å². The highest BCUT2D eigenvalue weighted by molar-refractivity contribution is 7.99. The van der Waals surface area contributed by atoms with Crippen LogP contribution >= 0.6 is 11.8 Å². The minimum Gasteiger partial charge on any atom is -0.309 e. The molecule has 5 heteroatoms. The second-order valence-corrected chi connectivity index (χ2v) is 8.63. The minimum atomic E-state index is 0.121. The first-order valence-electron chi connectivity index (χ1n) is 9.06. The summed E-state index contributed by atoms with van der Waals surface area (Å²) in [4.78, 5) is 19.9. The minimum absolute atomic E-state index is 0.121. The molecule has 4 nitrogen and oxygen atoms in total. The third-order valence-electron chi connectivity index (χ3n) is 4.73. The van der Waals surface area contributed by atoms with Crippen LogP contribution in [0.5, 0.6) is 0 Å². The van der Waals surface area contributed by atoms with E-state index in [1.807, 2.05) is 47.4 Å². The SMILES string of the molecule is CC(C)Sc1nc2ccccc2n1CC(=O)N1c2ccccc2C[C@@H]1C. The predicted molar refractivity (Wildman–Crippen MR) is 108 cm³/mol. The summed E-state index contributed by atoms with van der Waals surface area (Å²) < 4.78 is 2.07. The molecular formula is C21H23N3OS. The lowest BCUT2D eigenvalue weighted by molar-refractivity contribution is -0.119. The second-order valence-electron chi connectivity index (χ2n) is 7.08. The van der Waals surface area contributed by atoms with Gasteiger partial charge in [0.25, 0.3) is 0 Å². The second kappa shape index (κ2) is 6.80. The summed E-state index contributed by atoms with van der Waals surface area (Å²) in [5.41, 5.74) is 4.26. The molecule has 2 aromatic carbocycles. The highest BCUT2D eigenvalue weighted by Crippen LogP contribution is 2.33. The van der Waals surface area contributed by atoms with Crippen molar-refractivity contribution in [1.29, 1.82) is 0 Å². The first-order chi connectivity index (χ1) is 12.5. The number of anilines is 1. The summed E-state index contributed by atoms with van der Waals surface area (Å²) in [6.45, 7) is 6.73. The van der Waals surface area contributed by atoms with Crippen molar-refractivity contribution in [2.75, 3.05) is 4.90 Å². The van der Waals surface area contributed by atoms with Crippen LogP contribution in [0.1, 0.15) is 26.3 Å². The van der Waals surface area contributed by atoms with Gasteiger partial charge >= 0.3 is 0 Å². The van der Waals surface area contributed by atoms with Gasteiger partial charge in [-0.2, -0.15) is 0 Å². The molecule has 0 spiro atoms. The molecule has 0 radical (unpaired) electrons. The van der Waals surface area contributed by atoms with E-state index in [2.05, 4.69) is 31.4 Å². The molecule has 0 unspecified atom stereocenters. The van der Waals surface area contributed by atoms with E-state index in [0.717, 1.165) is 28.3 Å². The fourth-order valence-electron chi connectivity index (χ4n) is 3.66. The van der Waals surface area contributed by atoms with Crippen molar-refractivity contribution in [1.82, 2.24) is 9.55 Å². The van der Waals surface area contributed by atoms with Crippen LogP contribution in [-0.2, 0) is 17.8 Å². The molecule has 1 aromatic heterocycles. The summed E-state index contributed by atoms with van der Waals surface area (Å²) >= 11 is 1.70. The Balaban J connectivity index is 1.70. The average Bonchev–Trinajstić information content (AvgIpc) is 3.11. The molecule has 0 aliphatic carbocycles. The number of carbonyl (C=O) groups excluding carboxylic acids is 1. The highest BCUT2D eigenvalue weighted by Gasteiger charge is 2.31. The monoisotopic (exact) mass is 365 g/mol. The van der Waals surface area contributed by atoms with Gasteiger partial charge in [0, 0.05) is 17.0 Å². The topological polar surface area (TPSA) is 38.1 Å². The van der Waals surface area contributed by atoms with E-state index in [1.165, 1.54) is 5.56 Å². The Bertz CT molecular complexity index is 963. The maximum Gasteiger partial charge on any atom is 0.247 e. The molecule has 0 fully saturated rings. The number of aromatic nitrogens is 2. The van der Waals surface area contributed by atoms with Gasteiger partial charge in [0.2, 0.25) is 5.91 Å². The van der Waals surface area contributed by atoms with E-state index in [1.54, 1.807) is 11.8 Å². The van der Waals surface area contributed by atoms with Crippen molar-refractivity contribution in [3.05, 3.63) is 54.1 Å². The molecule has 3 aromatic rings. The quantitative estimate of drug-likeness (QED) is 0.638. The molecule has 134 valence electrons. The fraction of sp³-hybridized carbons (Fsp3) is 0.333. The normalized spacial score (nSPS) is 16.5. The van der Waals surface area contributed by atoms with Crippen molar-refractivity contribution in [2.24, 2.45) is 0 Å². The summed E-state index contributed by atoms with van der Waals surface area (Å²) in [7, 11) is 0. The van der Waals surface area contributed by atoms with Crippen LogP contribution in [-0.4, -0.2) is 26.8 Å². The zero-order valence-electron chi connectivity index (χ0n) is 15.3. The first kappa shape index (κ1) is 17.2. The van der Waals surface area contributed by atoms with Crippen LogP contribution in [0.3, 0.4) is 0 Å². The Kier molecular flexibility index (Phi) is 4.49. The van der Waals surface area contributed by atoms with Gasteiger partial charge in [0.15, 0.2) is 5.16 Å². The molecule has 0 saturated carbocycles. The number of rotatable bonds is 4. The Morgan fingerprint density at radius 3 is 2.73 bits per heavy atom. The average molecular weight is 366 g/mol. The van der Waals surface area contributed by atoms with E-state index in [0.29, 0.717) is 11.8 Å². The number of thioether (sulfide) groups is 1. The van der Waals surface area contributed by atoms with Crippen LogP contribution in [0.25, 0.3) is 11.0 Å². The largest absolute Gasteiger partial charge is 0.309 e. The summed E-state index contributed by atoms with van der Waals surface area (Å²) in [6, 6.07) is 16.4. The van der Waals surface area contributed by atoms with E-state index < -0.39 is 0 Å². The van der Waals surface area contributed by atoms with Crippen molar-refractivity contribution >= 4 is 34.4 Å². The number of para-hydroxylation sites is 3. The molecule has 0 N–H and O–H groups in total. The number of carbonyl (C=O) groups is 1. The molecule has 2 heterocycles. The lowest BCUT2D eigenvalue weighted by atomic mass is 10.1. The van der Waals surface area contributed by atoms with Crippen molar-refractivity contribution in [3.63, 3.8) is 0 Å². The van der Waals surface area contributed by atoms with Crippen molar-refractivity contribution < 1.29 is 4.79 Å². The van der Waals surface area contributed by atoms with Gasteiger partial charge in [0.1, 0.15) is 6.54 Å². The lowest BCUT2D eigenvalue weighted by Gasteiger charge is -2.23. The number of nitrogens with zero attached hydrogens (tertiary/aromatic N) is 3. The molecule has 1 aliphatic rings. The molecule has 1 atom stereocenters. The van der Waals surface area contributed by atoms with Crippen LogP contribution in [0.4, 0.5) is 5.69 Å². The smallest absolute Gasteiger partial charge is 0.247 e. The van der Waals surface area contributed by atoms with Crippen LogP contribution in [0.2, 0.25) is 0 Å². The Morgan fingerprint density at radius 2 is 1.92 bits per heavy atom. The zero-order valence-corrected chi connectivity index (χ0v) is 16.2. The van der Waals surface area contributed by atoms with E-state index in [-0.39, 0.29) is 11.9 Å². The number of fused-ring (bicyclic) bond motifs is 2. The van der Waals surface area contributed by atoms with Gasteiger partial charge < -0.3 is 9.47 Å². The van der Waals surface area contributed by atoms with Gasteiger partial charge in [-0.1, -0.05) is 55.9 Å². The van der Waals surface area contributed by atoms with Crippen LogP contribution in [0.15, 0.2) is 53.7 Å². The molecule has 1 aliphatic heterocycles. The maximum absolute atomic E-state index is 13.2. The number of amides is 1. The molecular weight excluding hydrogens is 342 g/mol. The molecule has 26 heavy (non-hydrogen) atoms. The van der Waals surface area contributed by atoms with Crippen molar-refractivity contribution in [2.45, 2.75) is 50.2 Å².